The minimum absolute atomic E-state index is 0.161. The zero-order chi connectivity index (χ0) is 17.5. The molecule has 0 heterocycles. The van der Waals surface area contributed by atoms with Crippen molar-refractivity contribution in [1.29, 1.82) is 0 Å². The summed E-state index contributed by atoms with van der Waals surface area (Å²) in [7, 11) is 3.19. The van der Waals surface area contributed by atoms with Gasteiger partial charge in [0, 0.05) is 37.8 Å². The van der Waals surface area contributed by atoms with Crippen LogP contribution in [-0.4, -0.2) is 30.8 Å². The van der Waals surface area contributed by atoms with E-state index in [1.165, 1.54) is 17.0 Å². The van der Waals surface area contributed by atoms with Crippen LogP contribution < -0.4 is 5.32 Å². The number of halogens is 1. The highest BCUT2D eigenvalue weighted by Crippen LogP contribution is 2.10. The molecule has 0 atom stereocenters. The zero-order valence-corrected chi connectivity index (χ0v) is 13.6. The average molecular weight is 326 g/mol. The van der Waals surface area contributed by atoms with Gasteiger partial charge in [-0.1, -0.05) is 30.3 Å². The maximum atomic E-state index is 13.6. The van der Waals surface area contributed by atoms with Gasteiger partial charge in [-0.05, 0) is 29.8 Å². The van der Waals surface area contributed by atoms with Gasteiger partial charge >= 0.3 is 0 Å². The van der Waals surface area contributed by atoms with Crippen LogP contribution in [-0.2, 0) is 11.3 Å². The molecular weight excluding hydrogens is 307 g/mol. The van der Waals surface area contributed by atoms with Gasteiger partial charge in [0.2, 0.25) is 5.91 Å². The van der Waals surface area contributed by atoms with Crippen LogP contribution in [0.2, 0.25) is 0 Å². The molecule has 0 spiro atoms. The molecule has 0 aliphatic rings. The average Bonchev–Trinajstić information content (AvgIpc) is 2.61. The minimum atomic E-state index is -0.328. The summed E-state index contributed by atoms with van der Waals surface area (Å²) in [6.07, 6.45) is 3.09. The second kappa shape index (κ2) is 8.06. The molecule has 24 heavy (non-hydrogen) atoms. The molecule has 2 aromatic rings. The quantitative estimate of drug-likeness (QED) is 0.859. The van der Waals surface area contributed by atoms with Crippen molar-refractivity contribution in [3.05, 3.63) is 77.1 Å². The number of benzene rings is 2. The van der Waals surface area contributed by atoms with Gasteiger partial charge in [-0.3, -0.25) is 9.59 Å². The maximum absolute atomic E-state index is 13.6. The molecule has 0 aliphatic heterocycles. The molecule has 0 saturated carbocycles. The van der Waals surface area contributed by atoms with Gasteiger partial charge in [-0.15, -0.1) is 0 Å². The van der Waals surface area contributed by atoms with Crippen LogP contribution in [0.1, 0.15) is 21.5 Å². The first-order valence-electron chi connectivity index (χ1n) is 7.50. The van der Waals surface area contributed by atoms with Crippen LogP contribution in [0.3, 0.4) is 0 Å². The van der Waals surface area contributed by atoms with E-state index in [-0.39, 0.29) is 24.2 Å². The molecule has 124 valence electrons. The first-order chi connectivity index (χ1) is 11.5. The van der Waals surface area contributed by atoms with Crippen LogP contribution >= 0.6 is 0 Å². The predicted molar refractivity (Wildman–Crippen MR) is 91.7 cm³/mol. The molecule has 0 saturated heterocycles. The summed E-state index contributed by atoms with van der Waals surface area (Å²) in [6.45, 7) is 0.200. The Balaban J connectivity index is 1.99. The van der Waals surface area contributed by atoms with Crippen LogP contribution in [0.15, 0.2) is 54.6 Å². The number of nitrogens with zero attached hydrogens (tertiary/aromatic N) is 1. The lowest BCUT2D eigenvalue weighted by Gasteiger charge is -2.15. The number of carbonyl (C=O) groups is 2. The molecule has 0 bridgehead atoms. The molecule has 0 unspecified atom stereocenters. The number of likely N-dealkylation sites (N-methyl/N-ethyl adjacent to an activating group) is 1. The summed E-state index contributed by atoms with van der Waals surface area (Å²) in [5.41, 5.74) is 1.82. The number of carbonyl (C=O) groups excluding carboxylic acids is 2. The highest BCUT2D eigenvalue weighted by molar-refractivity contribution is 5.94. The fourth-order valence-electron chi connectivity index (χ4n) is 2.14. The number of rotatable bonds is 5. The summed E-state index contributed by atoms with van der Waals surface area (Å²) in [5, 5.41) is 2.55. The van der Waals surface area contributed by atoms with Crippen molar-refractivity contribution < 1.29 is 14.0 Å². The van der Waals surface area contributed by atoms with E-state index in [1.807, 2.05) is 0 Å². The molecule has 0 aliphatic carbocycles. The smallest absolute Gasteiger partial charge is 0.251 e. The fourth-order valence-corrected chi connectivity index (χ4v) is 2.14. The van der Waals surface area contributed by atoms with E-state index < -0.39 is 0 Å². The van der Waals surface area contributed by atoms with E-state index in [0.717, 1.165) is 5.56 Å². The normalized spacial score (nSPS) is 10.6. The minimum Gasteiger partial charge on any atom is -0.355 e. The Labute approximate surface area is 140 Å². The molecule has 5 heteroatoms. The maximum Gasteiger partial charge on any atom is 0.251 e. The van der Waals surface area contributed by atoms with E-state index in [2.05, 4.69) is 5.32 Å². The van der Waals surface area contributed by atoms with E-state index in [1.54, 1.807) is 62.6 Å². The van der Waals surface area contributed by atoms with E-state index >= 15 is 0 Å². The molecule has 2 rings (SSSR count). The lowest BCUT2D eigenvalue weighted by atomic mass is 10.1. The Hall–Kier alpha value is -2.95. The van der Waals surface area contributed by atoms with Gasteiger partial charge in [-0.25, -0.2) is 4.39 Å². The summed E-state index contributed by atoms with van der Waals surface area (Å²) in [5.74, 6) is -0.717. The van der Waals surface area contributed by atoms with Crippen LogP contribution in [0, 0.1) is 5.82 Å². The van der Waals surface area contributed by atoms with E-state index in [0.29, 0.717) is 11.1 Å². The fraction of sp³-hybridized carbons (Fsp3) is 0.158. The zero-order valence-electron chi connectivity index (χ0n) is 13.6. The topological polar surface area (TPSA) is 49.4 Å². The second-order valence-electron chi connectivity index (χ2n) is 5.32. The van der Waals surface area contributed by atoms with Crippen molar-refractivity contribution in [2.24, 2.45) is 0 Å². The highest BCUT2D eigenvalue weighted by atomic mass is 19.1. The van der Waals surface area contributed by atoms with Gasteiger partial charge in [0.1, 0.15) is 5.82 Å². The summed E-state index contributed by atoms with van der Waals surface area (Å²) in [4.78, 5) is 25.0. The lowest BCUT2D eigenvalue weighted by molar-refractivity contribution is -0.125. The van der Waals surface area contributed by atoms with E-state index in [4.69, 9.17) is 0 Å². The first-order valence-corrected chi connectivity index (χ1v) is 7.50. The van der Waals surface area contributed by atoms with E-state index in [9.17, 15) is 14.0 Å². The van der Waals surface area contributed by atoms with Gasteiger partial charge < -0.3 is 10.2 Å². The third kappa shape index (κ3) is 4.52. The largest absolute Gasteiger partial charge is 0.355 e. The van der Waals surface area contributed by atoms with Gasteiger partial charge in [0.05, 0.1) is 0 Å². The van der Waals surface area contributed by atoms with Gasteiger partial charge in [-0.2, -0.15) is 0 Å². The summed E-state index contributed by atoms with van der Waals surface area (Å²) in [6, 6.07) is 13.3. The lowest BCUT2D eigenvalue weighted by Crippen LogP contribution is -2.24. The van der Waals surface area contributed by atoms with Crippen molar-refractivity contribution in [3.63, 3.8) is 0 Å². The Morgan fingerprint density at radius 2 is 1.79 bits per heavy atom. The Morgan fingerprint density at radius 3 is 2.42 bits per heavy atom. The molecule has 0 fully saturated rings. The third-order valence-electron chi connectivity index (χ3n) is 3.56. The molecule has 2 amide bonds. The molecular formula is C19H19FN2O2. The van der Waals surface area contributed by atoms with Crippen molar-refractivity contribution >= 4 is 17.9 Å². The number of nitrogens with one attached hydrogen (secondary N) is 1. The van der Waals surface area contributed by atoms with Crippen LogP contribution in [0.4, 0.5) is 4.39 Å². The van der Waals surface area contributed by atoms with Crippen molar-refractivity contribution in [1.82, 2.24) is 10.2 Å². The molecule has 2 aromatic carbocycles. The van der Waals surface area contributed by atoms with Gasteiger partial charge in [0.25, 0.3) is 5.91 Å². The number of hydrogen-bond donors (Lipinski definition) is 1. The second-order valence-corrected chi connectivity index (χ2v) is 5.32. The molecule has 0 aromatic heterocycles. The predicted octanol–water partition coefficient (Wildman–Crippen LogP) is 2.86. The summed E-state index contributed by atoms with van der Waals surface area (Å²) < 4.78 is 13.6. The molecule has 1 N–H and O–H groups in total. The number of hydrogen-bond acceptors (Lipinski definition) is 2. The molecule has 0 radical (unpaired) electrons. The Bertz CT molecular complexity index is 754. The standard InChI is InChI=1S/C19H19FN2O2/c1-21-19(24)15-10-7-14(8-11-15)9-12-18(23)22(2)13-16-5-3-4-6-17(16)20/h3-12H,13H2,1-2H3,(H,21,24)/b12-9+. The Morgan fingerprint density at radius 1 is 1.12 bits per heavy atom. The third-order valence-corrected chi connectivity index (χ3v) is 3.56. The van der Waals surface area contributed by atoms with Crippen molar-refractivity contribution in [3.8, 4) is 0 Å². The van der Waals surface area contributed by atoms with Crippen molar-refractivity contribution in [2.45, 2.75) is 6.54 Å². The summed E-state index contributed by atoms with van der Waals surface area (Å²) >= 11 is 0. The monoisotopic (exact) mass is 326 g/mol. The Kier molecular flexibility index (Phi) is 5.84. The van der Waals surface area contributed by atoms with Crippen LogP contribution in [0.5, 0.6) is 0 Å². The van der Waals surface area contributed by atoms with Crippen molar-refractivity contribution in [2.75, 3.05) is 14.1 Å². The SMILES string of the molecule is CNC(=O)c1ccc(/C=C/C(=O)N(C)Cc2ccccc2F)cc1. The highest BCUT2D eigenvalue weighted by Gasteiger charge is 2.09. The first kappa shape index (κ1) is 17.4. The molecule has 4 nitrogen and oxygen atoms in total. The number of amides is 2. The van der Waals surface area contributed by atoms with Crippen LogP contribution in [0.25, 0.3) is 6.08 Å². The van der Waals surface area contributed by atoms with Gasteiger partial charge in [0.15, 0.2) is 0 Å².